The quantitative estimate of drug-likeness (QED) is 0.530. The molecule has 0 amide bonds. The van der Waals surface area contributed by atoms with E-state index < -0.39 is 30.0 Å². The Morgan fingerprint density at radius 1 is 1.50 bits per heavy atom. The van der Waals surface area contributed by atoms with E-state index in [1.165, 1.54) is 7.11 Å². The molecule has 0 aromatic carbocycles. The molecule has 1 aliphatic rings. The van der Waals surface area contributed by atoms with E-state index in [0.29, 0.717) is 0 Å². The van der Waals surface area contributed by atoms with Gasteiger partial charge in [0, 0.05) is 7.11 Å². The summed E-state index contributed by atoms with van der Waals surface area (Å²) >= 11 is 0. The third kappa shape index (κ3) is 1.92. The number of aliphatic hydroxyl groups is 2. The van der Waals surface area contributed by atoms with E-state index in [2.05, 4.69) is 0 Å². The largest absolute Gasteiger partial charge is 0.394 e. The minimum Gasteiger partial charge on any atom is -0.394 e. The first-order chi connectivity index (χ1) is 6.44. The molecule has 1 saturated heterocycles. The lowest BCUT2D eigenvalue weighted by Crippen LogP contribution is -2.66. The minimum atomic E-state index is -0.881. The Labute approximate surface area is 83.8 Å². The molecule has 0 bridgehead atoms. The highest BCUT2D eigenvalue weighted by Gasteiger charge is 2.47. The van der Waals surface area contributed by atoms with Gasteiger partial charge in [0.05, 0.1) is 18.2 Å². The lowest BCUT2D eigenvalue weighted by Gasteiger charge is -2.47. The molecule has 0 saturated carbocycles. The van der Waals surface area contributed by atoms with E-state index in [-0.39, 0.29) is 6.61 Å². The van der Waals surface area contributed by atoms with Crippen molar-refractivity contribution in [1.82, 2.24) is 0 Å². The second kappa shape index (κ2) is 4.12. The zero-order valence-electron chi connectivity index (χ0n) is 8.80. The van der Waals surface area contributed by atoms with Crippen molar-refractivity contribution in [2.45, 2.75) is 43.8 Å². The Balaban J connectivity index is 2.83. The maximum Gasteiger partial charge on any atom is 0.110 e. The molecule has 4 N–H and O–H groups in total. The Hall–Kier alpha value is -0.200. The van der Waals surface area contributed by atoms with Crippen LogP contribution in [0.1, 0.15) is 13.8 Å². The third-order valence-corrected chi connectivity index (χ3v) is 2.78. The number of nitrogens with two attached hydrogens (primary N) is 1. The van der Waals surface area contributed by atoms with Crippen LogP contribution in [0.2, 0.25) is 0 Å². The van der Waals surface area contributed by atoms with Crippen molar-refractivity contribution in [3.05, 3.63) is 0 Å². The smallest absolute Gasteiger partial charge is 0.110 e. The van der Waals surface area contributed by atoms with Gasteiger partial charge in [0.2, 0.25) is 0 Å². The molecule has 1 heterocycles. The monoisotopic (exact) mass is 205 g/mol. The summed E-state index contributed by atoms with van der Waals surface area (Å²) in [7, 11) is 1.49. The molecule has 0 aromatic rings. The molecule has 4 atom stereocenters. The molecule has 1 fully saturated rings. The predicted octanol–water partition coefficient (Wildman–Crippen LogP) is -1.14. The van der Waals surface area contributed by atoms with E-state index in [1.54, 1.807) is 0 Å². The van der Waals surface area contributed by atoms with E-state index in [0.717, 1.165) is 0 Å². The highest BCUT2D eigenvalue weighted by molar-refractivity contribution is 5.00. The summed E-state index contributed by atoms with van der Waals surface area (Å²) in [6.07, 6.45) is -2.02. The van der Waals surface area contributed by atoms with Gasteiger partial charge in [0.1, 0.15) is 18.3 Å². The van der Waals surface area contributed by atoms with Crippen molar-refractivity contribution in [2.24, 2.45) is 5.73 Å². The Morgan fingerprint density at radius 3 is 2.50 bits per heavy atom. The lowest BCUT2D eigenvalue weighted by atomic mass is 9.86. The molecule has 0 spiro atoms. The number of hydrogen-bond acceptors (Lipinski definition) is 5. The second-order valence-corrected chi connectivity index (χ2v) is 4.16. The van der Waals surface area contributed by atoms with Gasteiger partial charge in [-0.2, -0.15) is 0 Å². The normalized spacial score (nSPS) is 42.4. The molecule has 84 valence electrons. The third-order valence-electron chi connectivity index (χ3n) is 2.78. The Kier molecular flexibility index (Phi) is 3.49. The van der Waals surface area contributed by atoms with Crippen LogP contribution >= 0.6 is 0 Å². The number of methoxy groups -OCH3 is 1. The Morgan fingerprint density at radius 2 is 2.07 bits per heavy atom. The van der Waals surface area contributed by atoms with E-state index in [1.807, 2.05) is 13.8 Å². The van der Waals surface area contributed by atoms with Gasteiger partial charge in [-0.05, 0) is 13.8 Å². The molecule has 14 heavy (non-hydrogen) atoms. The second-order valence-electron chi connectivity index (χ2n) is 4.16. The average Bonchev–Trinajstić information content (AvgIpc) is 2.13. The van der Waals surface area contributed by atoms with Crippen LogP contribution in [-0.2, 0) is 9.47 Å². The van der Waals surface area contributed by atoms with Gasteiger partial charge in [-0.15, -0.1) is 0 Å². The summed E-state index contributed by atoms with van der Waals surface area (Å²) in [6.45, 7) is 3.40. The molecule has 5 nitrogen and oxygen atoms in total. The summed E-state index contributed by atoms with van der Waals surface area (Å²) in [4.78, 5) is 0. The van der Waals surface area contributed by atoms with Gasteiger partial charge in [-0.3, -0.25) is 0 Å². The van der Waals surface area contributed by atoms with Crippen LogP contribution in [-0.4, -0.2) is 53.9 Å². The first kappa shape index (κ1) is 11.9. The van der Waals surface area contributed by atoms with Gasteiger partial charge in [-0.1, -0.05) is 0 Å². The molecule has 0 radical (unpaired) electrons. The summed E-state index contributed by atoms with van der Waals surface area (Å²) in [5, 5.41) is 18.8. The number of rotatable bonds is 2. The molecular formula is C9H19NO4. The minimum absolute atomic E-state index is 0.239. The zero-order valence-corrected chi connectivity index (χ0v) is 8.80. The van der Waals surface area contributed by atoms with Crippen molar-refractivity contribution in [3.8, 4) is 0 Å². The Bertz CT molecular complexity index is 197. The van der Waals surface area contributed by atoms with Gasteiger partial charge in [0.15, 0.2) is 0 Å². The molecule has 5 heteroatoms. The van der Waals surface area contributed by atoms with Crippen molar-refractivity contribution >= 4 is 0 Å². The van der Waals surface area contributed by atoms with Crippen LogP contribution in [0.15, 0.2) is 0 Å². The van der Waals surface area contributed by atoms with Crippen molar-refractivity contribution < 1.29 is 19.7 Å². The van der Waals surface area contributed by atoms with E-state index >= 15 is 0 Å². The van der Waals surface area contributed by atoms with Crippen LogP contribution in [0, 0.1) is 0 Å². The number of ether oxygens (including phenoxy) is 2. The number of hydrogen-bond donors (Lipinski definition) is 3. The van der Waals surface area contributed by atoms with E-state index in [9.17, 15) is 5.11 Å². The highest BCUT2D eigenvalue weighted by atomic mass is 16.6. The fourth-order valence-corrected chi connectivity index (χ4v) is 1.79. The van der Waals surface area contributed by atoms with Crippen molar-refractivity contribution in [3.63, 3.8) is 0 Å². The number of aliphatic hydroxyl groups excluding tert-OH is 2. The van der Waals surface area contributed by atoms with Gasteiger partial charge in [-0.25, -0.2) is 0 Å². The highest BCUT2D eigenvalue weighted by Crippen LogP contribution is 2.29. The molecular weight excluding hydrogens is 186 g/mol. The van der Waals surface area contributed by atoms with Crippen LogP contribution in [0.5, 0.6) is 0 Å². The molecule has 1 rings (SSSR count). The average molecular weight is 205 g/mol. The predicted molar refractivity (Wildman–Crippen MR) is 50.8 cm³/mol. The fourth-order valence-electron chi connectivity index (χ4n) is 1.79. The zero-order chi connectivity index (χ0) is 10.9. The van der Waals surface area contributed by atoms with Crippen molar-refractivity contribution in [2.75, 3.05) is 13.7 Å². The maximum absolute atomic E-state index is 9.74. The molecule has 0 aromatic heterocycles. The van der Waals surface area contributed by atoms with Gasteiger partial charge in [0.25, 0.3) is 0 Å². The first-order valence-corrected chi connectivity index (χ1v) is 4.69. The van der Waals surface area contributed by atoms with Crippen LogP contribution in [0.25, 0.3) is 0 Å². The van der Waals surface area contributed by atoms with Crippen LogP contribution in [0.4, 0.5) is 0 Å². The fraction of sp³-hybridized carbons (Fsp3) is 1.00. The van der Waals surface area contributed by atoms with Crippen molar-refractivity contribution in [1.29, 1.82) is 0 Å². The summed E-state index contributed by atoms with van der Waals surface area (Å²) in [5.41, 5.74) is 5.28. The summed E-state index contributed by atoms with van der Waals surface area (Å²) in [5.74, 6) is 0. The topological polar surface area (TPSA) is 84.9 Å². The van der Waals surface area contributed by atoms with E-state index in [4.69, 9.17) is 20.3 Å². The SMILES string of the molecule is COC1C(O)C(CO)OC(C)(C)C1N. The summed E-state index contributed by atoms with van der Waals surface area (Å²) in [6, 6.07) is -0.412. The van der Waals surface area contributed by atoms with Gasteiger partial charge >= 0.3 is 0 Å². The molecule has 4 unspecified atom stereocenters. The maximum atomic E-state index is 9.74. The van der Waals surface area contributed by atoms with Gasteiger partial charge < -0.3 is 25.4 Å². The van der Waals surface area contributed by atoms with Crippen LogP contribution < -0.4 is 5.73 Å². The molecule has 1 aliphatic heterocycles. The van der Waals surface area contributed by atoms with Crippen LogP contribution in [0.3, 0.4) is 0 Å². The molecule has 0 aliphatic carbocycles. The first-order valence-electron chi connectivity index (χ1n) is 4.69. The standard InChI is InChI=1S/C9H19NO4/c1-9(2)8(10)7(13-3)6(12)5(4-11)14-9/h5-8,11-12H,4,10H2,1-3H3. The summed E-state index contributed by atoms with van der Waals surface area (Å²) < 4.78 is 10.6. The lowest BCUT2D eigenvalue weighted by molar-refractivity contribution is -0.227.